The molecule has 2 N–H and O–H groups in total. The number of rotatable bonds is 5. The molecule has 20 heavy (non-hydrogen) atoms. The van der Waals surface area contributed by atoms with Crippen molar-refractivity contribution in [2.24, 2.45) is 0 Å². The monoisotopic (exact) mass is 328 g/mol. The molecule has 1 aromatic rings. The molecule has 0 unspecified atom stereocenters. The number of aryl methyl sites for hydroxylation is 1. The third-order valence-corrected chi connectivity index (χ3v) is 6.47. The van der Waals surface area contributed by atoms with Gasteiger partial charge in [0.1, 0.15) is 9.75 Å². The van der Waals surface area contributed by atoms with Crippen LogP contribution in [0.4, 0.5) is 13.2 Å². The average molecular weight is 328 g/mol. The van der Waals surface area contributed by atoms with E-state index in [2.05, 4.69) is 5.32 Å². The van der Waals surface area contributed by atoms with Gasteiger partial charge in [-0.3, -0.25) is 0 Å². The Morgan fingerprint density at radius 3 is 2.45 bits per heavy atom. The minimum atomic E-state index is -4.56. The zero-order valence-corrected chi connectivity index (χ0v) is 12.6. The highest BCUT2D eigenvalue weighted by Gasteiger charge is 2.65. The average Bonchev–Trinajstić information content (AvgIpc) is 2.98. The molecule has 0 atom stereocenters. The molecule has 1 aromatic heterocycles. The molecule has 1 saturated carbocycles. The van der Waals surface area contributed by atoms with Crippen LogP contribution in [0.5, 0.6) is 0 Å². The number of hydrogen-bond acceptors (Lipinski definition) is 4. The SMILES string of the molecule is CNCc1sc(S(=O)(=O)NC2(C(F)(F)F)CC2)cc1C. The number of alkyl halides is 3. The first-order valence-electron chi connectivity index (χ1n) is 5.96. The van der Waals surface area contributed by atoms with Crippen molar-refractivity contribution in [3.63, 3.8) is 0 Å². The van der Waals surface area contributed by atoms with Crippen molar-refractivity contribution in [2.45, 2.75) is 42.2 Å². The maximum atomic E-state index is 12.8. The first kappa shape index (κ1) is 15.7. The van der Waals surface area contributed by atoms with E-state index < -0.39 is 21.7 Å². The van der Waals surface area contributed by atoms with Gasteiger partial charge in [0.25, 0.3) is 10.0 Å². The van der Waals surface area contributed by atoms with Gasteiger partial charge in [0, 0.05) is 11.4 Å². The Balaban J connectivity index is 2.26. The van der Waals surface area contributed by atoms with E-state index in [0.717, 1.165) is 21.8 Å². The summed E-state index contributed by atoms with van der Waals surface area (Å²) in [5.41, 5.74) is -1.52. The van der Waals surface area contributed by atoms with Crippen molar-refractivity contribution in [3.05, 3.63) is 16.5 Å². The maximum absolute atomic E-state index is 12.8. The summed E-state index contributed by atoms with van der Waals surface area (Å²) in [4.78, 5) is 0.796. The molecule has 2 rings (SSSR count). The van der Waals surface area contributed by atoms with Crippen molar-refractivity contribution in [3.8, 4) is 0 Å². The van der Waals surface area contributed by atoms with Crippen LogP contribution < -0.4 is 10.0 Å². The summed E-state index contributed by atoms with van der Waals surface area (Å²) in [6, 6.07) is 1.41. The minimum Gasteiger partial charge on any atom is -0.315 e. The summed E-state index contributed by atoms with van der Waals surface area (Å²) in [6.07, 6.45) is -4.97. The summed E-state index contributed by atoms with van der Waals surface area (Å²) >= 11 is 0.990. The van der Waals surface area contributed by atoms with E-state index in [1.54, 1.807) is 14.0 Å². The Morgan fingerprint density at radius 1 is 1.40 bits per heavy atom. The van der Waals surface area contributed by atoms with E-state index in [-0.39, 0.29) is 17.1 Å². The van der Waals surface area contributed by atoms with Gasteiger partial charge in [-0.05, 0) is 38.4 Å². The predicted octanol–water partition coefficient (Wildman–Crippen LogP) is 2.15. The number of halogens is 3. The molecule has 1 fully saturated rings. The van der Waals surface area contributed by atoms with E-state index in [1.807, 2.05) is 4.72 Å². The van der Waals surface area contributed by atoms with Gasteiger partial charge < -0.3 is 5.32 Å². The second-order valence-corrected chi connectivity index (χ2v) is 7.93. The van der Waals surface area contributed by atoms with Crippen molar-refractivity contribution in [2.75, 3.05) is 7.05 Å². The second-order valence-electron chi connectivity index (χ2n) is 4.89. The van der Waals surface area contributed by atoms with Crippen LogP contribution in [-0.2, 0) is 16.6 Å². The highest BCUT2D eigenvalue weighted by Crippen LogP contribution is 2.50. The van der Waals surface area contributed by atoms with Crippen LogP contribution in [-0.4, -0.2) is 27.2 Å². The van der Waals surface area contributed by atoms with E-state index in [9.17, 15) is 21.6 Å². The molecule has 0 amide bonds. The summed E-state index contributed by atoms with van der Waals surface area (Å²) in [6.45, 7) is 2.22. The smallest absolute Gasteiger partial charge is 0.315 e. The fourth-order valence-electron chi connectivity index (χ4n) is 1.83. The third kappa shape index (κ3) is 2.85. The van der Waals surface area contributed by atoms with Gasteiger partial charge in [0.2, 0.25) is 0 Å². The Kier molecular flexibility index (Phi) is 3.91. The van der Waals surface area contributed by atoms with E-state index >= 15 is 0 Å². The summed E-state index contributed by atoms with van der Waals surface area (Å²) in [5.74, 6) is 0. The number of hydrogen-bond donors (Lipinski definition) is 2. The summed E-state index contributed by atoms with van der Waals surface area (Å²) in [5, 5.41) is 2.89. The lowest BCUT2D eigenvalue weighted by atomic mass is 10.3. The highest BCUT2D eigenvalue weighted by molar-refractivity contribution is 7.91. The molecule has 0 aliphatic heterocycles. The molecule has 0 saturated heterocycles. The molecule has 0 bridgehead atoms. The van der Waals surface area contributed by atoms with Crippen LogP contribution in [0.25, 0.3) is 0 Å². The molecule has 1 aliphatic rings. The molecule has 0 aromatic carbocycles. The molecular weight excluding hydrogens is 313 g/mol. The Morgan fingerprint density at radius 2 is 2.00 bits per heavy atom. The zero-order valence-electron chi connectivity index (χ0n) is 11.0. The number of nitrogens with one attached hydrogen (secondary N) is 2. The largest absolute Gasteiger partial charge is 0.407 e. The molecular formula is C11H15F3N2O2S2. The van der Waals surface area contributed by atoms with E-state index in [0.29, 0.717) is 6.54 Å². The van der Waals surface area contributed by atoms with Gasteiger partial charge in [-0.15, -0.1) is 11.3 Å². The van der Waals surface area contributed by atoms with Crippen LogP contribution >= 0.6 is 11.3 Å². The lowest BCUT2D eigenvalue weighted by Crippen LogP contribution is -2.47. The van der Waals surface area contributed by atoms with Crippen LogP contribution in [0.2, 0.25) is 0 Å². The van der Waals surface area contributed by atoms with Crippen LogP contribution in [0, 0.1) is 6.92 Å². The van der Waals surface area contributed by atoms with Gasteiger partial charge in [-0.25, -0.2) is 8.42 Å². The molecule has 9 heteroatoms. The van der Waals surface area contributed by atoms with Crippen LogP contribution in [0.15, 0.2) is 10.3 Å². The molecule has 114 valence electrons. The summed E-state index contributed by atoms with van der Waals surface area (Å²) < 4.78 is 64.4. The number of thiophene rings is 1. The Bertz CT molecular complexity index is 604. The zero-order chi connectivity index (χ0) is 15.2. The fraction of sp³-hybridized carbons (Fsp3) is 0.636. The Labute approximate surface area is 119 Å². The Hall–Kier alpha value is -0.640. The highest BCUT2D eigenvalue weighted by atomic mass is 32.2. The molecule has 0 radical (unpaired) electrons. The predicted molar refractivity (Wildman–Crippen MR) is 70.2 cm³/mol. The van der Waals surface area contributed by atoms with Gasteiger partial charge in [0.15, 0.2) is 0 Å². The van der Waals surface area contributed by atoms with Crippen LogP contribution in [0.3, 0.4) is 0 Å². The minimum absolute atomic E-state index is 0.0734. The van der Waals surface area contributed by atoms with Gasteiger partial charge >= 0.3 is 6.18 Å². The van der Waals surface area contributed by atoms with Gasteiger partial charge in [0.05, 0.1) is 0 Å². The molecule has 0 spiro atoms. The van der Waals surface area contributed by atoms with Gasteiger partial charge in [-0.2, -0.15) is 17.9 Å². The van der Waals surface area contributed by atoms with Crippen molar-refractivity contribution in [1.29, 1.82) is 0 Å². The second kappa shape index (κ2) is 4.97. The van der Waals surface area contributed by atoms with Crippen molar-refractivity contribution < 1.29 is 21.6 Å². The summed E-state index contributed by atoms with van der Waals surface area (Å²) in [7, 11) is -2.42. The van der Waals surface area contributed by atoms with E-state index in [1.165, 1.54) is 6.07 Å². The number of sulfonamides is 1. The molecule has 1 heterocycles. The fourth-order valence-corrected chi connectivity index (χ4v) is 4.88. The van der Waals surface area contributed by atoms with Crippen LogP contribution in [0.1, 0.15) is 23.3 Å². The topological polar surface area (TPSA) is 58.2 Å². The normalized spacial score (nSPS) is 18.2. The first-order chi connectivity index (χ1) is 9.11. The van der Waals surface area contributed by atoms with Gasteiger partial charge in [-0.1, -0.05) is 0 Å². The molecule has 4 nitrogen and oxygen atoms in total. The molecule has 1 aliphatic carbocycles. The van der Waals surface area contributed by atoms with E-state index in [4.69, 9.17) is 0 Å². The lowest BCUT2D eigenvalue weighted by molar-refractivity contribution is -0.160. The third-order valence-electron chi connectivity index (χ3n) is 3.22. The quantitative estimate of drug-likeness (QED) is 0.871. The van der Waals surface area contributed by atoms with Crippen molar-refractivity contribution in [1.82, 2.24) is 10.0 Å². The standard InChI is InChI=1S/C11H15F3N2O2S2/c1-7-5-9(19-8(7)6-15-2)20(17,18)16-10(3-4-10)11(12,13)14/h5,15-16H,3-4,6H2,1-2H3. The first-order valence-corrected chi connectivity index (χ1v) is 8.26. The lowest BCUT2D eigenvalue weighted by Gasteiger charge is -2.19. The maximum Gasteiger partial charge on any atom is 0.407 e. The van der Waals surface area contributed by atoms with Crippen molar-refractivity contribution >= 4 is 21.4 Å².